The maximum Gasteiger partial charge on any atom is 0.120 e. The summed E-state index contributed by atoms with van der Waals surface area (Å²) in [5.74, 6) is 1.24. The normalized spacial score (nSPS) is 19.4. The molecule has 0 aromatic heterocycles. The molecule has 106 valence electrons. The van der Waals surface area contributed by atoms with Crippen molar-refractivity contribution in [1.82, 2.24) is 4.90 Å². The van der Waals surface area contributed by atoms with Crippen LogP contribution in [0.15, 0.2) is 18.2 Å². The number of ether oxygens (including phenoxy) is 1. The maximum absolute atomic E-state index is 9.60. The maximum atomic E-state index is 9.60. The molecule has 4 heteroatoms. The first-order chi connectivity index (χ1) is 9.10. The van der Waals surface area contributed by atoms with Gasteiger partial charge in [0, 0.05) is 11.6 Å². The Hall–Kier alpha value is -0.770. The number of likely N-dealkylation sites (tertiary alicyclic amines) is 1. The van der Waals surface area contributed by atoms with E-state index in [1.165, 1.54) is 0 Å². The molecule has 0 bridgehead atoms. The highest BCUT2D eigenvalue weighted by Crippen LogP contribution is 2.26. The zero-order valence-corrected chi connectivity index (χ0v) is 12.4. The van der Waals surface area contributed by atoms with Crippen LogP contribution in [0, 0.1) is 5.92 Å². The summed E-state index contributed by atoms with van der Waals surface area (Å²) in [6.07, 6.45) is 1.93. The topological polar surface area (TPSA) is 32.7 Å². The Kier molecular flexibility index (Phi) is 5.08. The SMILES string of the molecule is COc1ccc(CN2CCC(C(C)O)CC2)c(Cl)c1. The molecule has 1 aromatic carbocycles. The van der Waals surface area contributed by atoms with Crippen molar-refractivity contribution in [3.63, 3.8) is 0 Å². The van der Waals surface area contributed by atoms with Crippen LogP contribution < -0.4 is 4.74 Å². The molecule has 1 aromatic rings. The Morgan fingerprint density at radius 2 is 2.11 bits per heavy atom. The Labute approximate surface area is 120 Å². The van der Waals surface area contributed by atoms with E-state index < -0.39 is 0 Å². The lowest BCUT2D eigenvalue weighted by Gasteiger charge is -2.33. The van der Waals surface area contributed by atoms with Crippen LogP contribution in [0.3, 0.4) is 0 Å². The average Bonchev–Trinajstić information content (AvgIpc) is 2.41. The highest BCUT2D eigenvalue weighted by Gasteiger charge is 2.22. The number of nitrogens with zero attached hydrogens (tertiary/aromatic N) is 1. The fourth-order valence-corrected chi connectivity index (χ4v) is 2.85. The van der Waals surface area contributed by atoms with Gasteiger partial charge in [-0.15, -0.1) is 0 Å². The molecule has 19 heavy (non-hydrogen) atoms. The van der Waals surface area contributed by atoms with Gasteiger partial charge in [-0.05, 0) is 56.5 Å². The van der Waals surface area contributed by atoms with Crippen LogP contribution in [0.5, 0.6) is 5.75 Å². The van der Waals surface area contributed by atoms with Crippen LogP contribution in [0.1, 0.15) is 25.3 Å². The third kappa shape index (κ3) is 3.85. The van der Waals surface area contributed by atoms with E-state index in [4.69, 9.17) is 16.3 Å². The van der Waals surface area contributed by atoms with Crippen LogP contribution in [-0.4, -0.2) is 36.3 Å². The summed E-state index contributed by atoms with van der Waals surface area (Å²) < 4.78 is 5.15. The second kappa shape index (κ2) is 6.60. The predicted octanol–water partition coefficient (Wildman–Crippen LogP) is 2.94. The van der Waals surface area contributed by atoms with E-state index in [0.29, 0.717) is 5.92 Å². The Bertz CT molecular complexity index is 415. The van der Waals surface area contributed by atoms with E-state index >= 15 is 0 Å². The predicted molar refractivity (Wildman–Crippen MR) is 77.7 cm³/mol. The molecule has 1 fully saturated rings. The van der Waals surface area contributed by atoms with Gasteiger partial charge in [-0.1, -0.05) is 17.7 Å². The van der Waals surface area contributed by atoms with Crippen molar-refractivity contribution in [2.24, 2.45) is 5.92 Å². The number of hydrogen-bond acceptors (Lipinski definition) is 3. The number of benzene rings is 1. The van der Waals surface area contributed by atoms with Gasteiger partial charge < -0.3 is 9.84 Å². The van der Waals surface area contributed by atoms with Crippen molar-refractivity contribution in [2.45, 2.75) is 32.4 Å². The summed E-state index contributed by atoms with van der Waals surface area (Å²) >= 11 is 6.26. The molecule has 1 atom stereocenters. The molecule has 0 amide bonds. The van der Waals surface area contributed by atoms with Crippen LogP contribution in [0.25, 0.3) is 0 Å². The fourth-order valence-electron chi connectivity index (χ4n) is 2.62. The summed E-state index contributed by atoms with van der Waals surface area (Å²) in [6.45, 7) is 4.81. The molecule has 1 aliphatic heterocycles. The number of halogens is 1. The van der Waals surface area contributed by atoms with Crippen LogP contribution in [0.4, 0.5) is 0 Å². The van der Waals surface area contributed by atoms with Crippen molar-refractivity contribution in [3.05, 3.63) is 28.8 Å². The molecule has 0 aliphatic carbocycles. The number of aliphatic hydroxyl groups excluding tert-OH is 1. The lowest BCUT2D eigenvalue weighted by Crippen LogP contribution is -2.36. The largest absolute Gasteiger partial charge is 0.497 e. The molecule has 1 saturated heterocycles. The summed E-state index contributed by atoms with van der Waals surface area (Å²) in [6, 6.07) is 5.84. The molecule has 1 aliphatic rings. The summed E-state index contributed by atoms with van der Waals surface area (Å²) in [5.41, 5.74) is 1.14. The smallest absolute Gasteiger partial charge is 0.120 e. The first-order valence-electron chi connectivity index (χ1n) is 6.83. The van der Waals surface area contributed by atoms with Crippen molar-refractivity contribution in [2.75, 3.05) is 20.2 Å². The zero-order chi connectivity index (χ0) is 13.8. The highest BCUT2D eigenvalue weighted by molar-refractivity contribution is 6.31. The lowest BCUT2D eigenvalue weighted by molar-refractivity contribution is 0.0695. The van der Waals surface area contributed by atoms with Gasteiger partial charge in [0.2, 0.25) is 0 Å². The number of rotatable bonds is 4. The number of piperidine rings is 1. The number of hydrogen-bond donors (Lipinski definition) is 1. The van der Waals surface area contributed by atoms with Gasteiger partial charge >= 0.3 is 0 Å². The number of methoxy groups -OCH3 is 1. The summed E-state index contributed by atoms with van der Waals surface area (Å²) in [7, 11) is 1.65. The van der Waals surface area contributed by atoms with E-state index in [1.54, 1.807) is 7.11 Å². The first-order valence-corrected chi connectivity index (χ1v) is 7.20. The molecule has 1 N–H and O–H groups in total. The zero-order valence-electron chi connectivity index (χ0n) is 11.6. The molecular formula is C15H22ClNO2. The Morgan fingerprint density at radius 3 is 2.63 bits per heavy atom. The van der Waals surface area contributed by atoms with E-state index in [0.717, 1.165) is 48.8 Å². The van der Waals surface area contributed by atoms with Crippen LogP contribution in [-0.2, 0) is 6.54 Å². The minimum absolute atomic E-state index is 0.188. The quantitative estimate of drug-likeness (QED) is 0.922. The van der Waals surface area contributed by atoms with E-state index in [-0.39, 0.29) is 6.10 Å². The van der Waals surface area contributed by atoms with Gasteiger partial charge in [-0.3, -0.25) is 4.90 Å². The third-order valence-electron chi connectivity index (χ3n) is 3.97. The second-order valence-corrected chi connectivity index (χ2v) is 5.72. The van der Waals surface area contributed by atoms with E-state index in [2.05, 4.69) is 4.90 Å². The minimum Gasteiger partial charge on any atom is -0.497 e. The molecule has 2 rings (SSSR count). The molecule has 0 spiro atoms. The molecular weight excluding hydrogens is 262 g/mol. The monoisotopic (exact) mass is 283 g/mol. The lowest BCUT2D eigenvalue weighted by atomic mass is 9.92. The molecule has 0 radical (unpaired) electrons. The molecule has 1 heterocycles. The van der Waals surface area contributed by atoms with E-state index in [9.17, 15) is 5.11 Å². The number of aliphatic hydroxyl groups is 1. The van der Waals surface area contributed by atoms with Gasteiger partial charge in [0.05, 0.1) is 13.2 Å². The third-order valence-corrected chi connectivity index (χ3v) is 4.32. The van der Waals surface area contributed by atoms with Crippen molar-refractivity contribution in [3.8, 4) is 5.75 Å². The van der Waals surface area contributed by atoms with Crippen molar-refractivity contribution < 1.29 is 9.84 Å². The van der Waals surface area contributed by atoms with Gasteiger partial charge in [-0.25, -0.2) is 0 Å². The first kappa shape index (κ1) is 14.6. The fraction of sp³-hybridized carbons (Fsp3) is 0.600. The second-order valence-electron chi connectivity index (χ2n) is 5.31. The standard InChI is InChI=1S/C15H22ClNO2/c1-11(18)12-5-7-17(8-6-12)10-13-3-4-14(19-2)9-15(13)16/h3-4,9,11-12,18H,5-8,10H2,1-2H3. The van der Waals surface area contributed by atoms with Crippen molar-refractivity contribution >= 4 is 11.6 Å². The van der Waals surface area contributed by atoms with Crippen LogP contribution in [0.2, 0.25) is 5.02 Å². The highest BCUT2D eigenvalue weighted by atomic mass is 35.5. The molecule has 0 saturated carbocycles. The molecule has 1 unspecified atom stereocenters. The van der Waals surface area contributed by atoms with Crippen molar-refractivity contribution in [1.29, 1.82) is 0 Å². The van der Waals surface area contributed by atoms with Gasteiger partial charge in [-0.2, -0.15) is 0 Å². The van der Waals surface area contributed by atoms with Gasteiger partial charge in [0.1, 0.15) is 5.75 Å². The Morgan fingerprint density at radius 1 is 1.42 bits per heavy atom. The average molecular weight is 284 g/mol. The summed E-state index contributed by atoms with van der Waals surface area (Å²) in [4.78, 5) is 2.40. The van der Waals surface area contributed by atoms with Crippen LogP contribution >= 0.6 is 11.6 Å². The minimum atomic E-state index is -0.188. The van der Waals surface area contributed by atoms with Gasteiger partial charge in [0.25, 0.3) is 0 Å². The summed E-state index contributed by atoms with van der Waals surface area (Å²) in [5, 5.41) is 10.4. The van der Waals surface area contributed by atoms with E-state index in [1.807, 2.05) is 25.1 Å². The Balaban J connectivity index is 1.92. The molecule has 3 nitrogen and oxygen atoms in total. The van der Waals surface area contributed by atoms with Gasteiger partial charge in [0.15, 0.2) is 0 Å².